The Labute approximate surface area is 57.2 Å². The molecular weight excluding hydrogens is 102 g/mol. The summed E-state index contributed by atoms with van der Waals surface area (Å²) >= 11 is 0. The monoisotopic (exact) mass is 120 g/mol. The predicted molar refractivity (Wildman–Crippen MR) is 32.9 cm³/mol. The van der Waals surface area contributed by atoms with Crippen molar-refractivity contribution in [2.24, 2.45) is 0 Å². The molecule has 1 aliphatic rings. The smallest absolute Gasteiger partial charge is 0.0697 e. The molecule has 0 saturated carbocycles. The normalized spacial score (nSPS) is 68.9. The third-order valence-corrected chi connectivity index (χ3v) is 1.08. The molecule has 1 heterocycles. The summed E-state index contributed by atoms with van der Waals surface area (Å²) in [5.74, 6) is 0. The maximum absolute atomic E-state index is 7.65. The Morgan fingerprint density at radius 2 is 2.88 bits per heavy atom. The molecule has 2 unspecified atom stereocenters. The average Bonchev–Trinajstić information content (AvgIpc) is 1.93. The molecule has 2 nitrogen and oxygen atoms in total. The number of rotatable bonds is 0. The summed E-state index contributed by atoms with van der Waals surface area (Å²) in [5, 5.41) is 2.65. The van der Waals surface area contributed by atoms with E-state index in [-0.39, 0.29) is 6.61 Å². The van der Waals surface area contributed by atoms with E-state index in [1.165, 1.54) is 6.92 Å². The first kappa shape index (κ1) is 2.27. The van der Waals surface area contributed by atoms with Gasteiger partial charge in [0.25, 0.3) is 0 Å². The molecule has 1 N–H and O–H groups in total. The third kappa shape index (κ3) is 1.20. The molecule has 0 bridgehead atoms. The summed E-state index contributed by atoms with van der Waals surface area (Å²) in [5.41, 5.74) is 0. The molecule has 2 atom stereocenters. The first-order chi connectivity index (χ1) is 5.71. The molecule has 0 aromatic rings. The lowest BCUT2D eigenvalue weighted by Crippen LogP contribution is -2.44. The first-order valence-corrected chi connectivity index (χ1v) is 2.60. The van der Waals surface area contributed by atoms with Crippen LogP contribution in [0.5, 0.6) is 0 Å². The summed E-state index contributed by atoms with van der Waals surface area (Å²) in [4.78, 5) is 0. The van der Waals surface area contributed by atoms with Crippen molar-refractivity contribution >= 4 is 0 Å². The first-order valence-electron chi connectivity index (χ1n) is 5.10. The van der Waals surface area contributed by atoms with Crippen molar-refractivity contribution < 1.29 is 11.6 Å². The van der Waals surface area contributed by atoms with E-state index in [1.54, 1.807) is 0 Å². The van der Waals surface area contributed by atoms with Crippen LogP contribution < -0.4 is 5.32 Å². The number of morpholine rings is 1. The summed E-state index contributed by atoms with van der Waals surface area (Å²) in [6.45, 7) is -0.727. The van der Waals surface area contributed by atoms with Crippen molar-refractivity contribution in [3.8, 4) is 0 Å². The maximum Gasteiger partial charge on any atom is 0.0697 e. The molecule has 1 saturated heterocycles. The second-order valence-electron chi connectivity index (χ2n) is 1.73. The van der Waals surface area contributed by atoms with E-state index in [0.717, 1.165) is 0 Å². The van der Waals surface area contributed by atoms with Gasteiger partial charge in [0.15, 0.2) is 0 Å². The molecular formula is C6H13NO. The number of nitrogens with one attached hydrogen (secondary N) is 1. The van der Waals surface area contributed by atoms with Gasteiger partial charge in [-0.3, -0.25) is 0 Å². The van der Waals surface area contributed by atoms with E-state index in [9.17, 15) is 0 Å². The maximum atomic E-state index is 7.65. The van der Waals surface area contributed by atoms with Crippen LogP contribution in [0.2, 0.25) is 0 Å². The third-order valence-electron chi connectivity index (χ3n) is 1.08. The molecule has 8 heavy (non-hydrogen) atoms. The summed E-state index contributed by atoms with van der Waals surface area (Å²) in [7, 11) is 0. The molecule has 1 aliphatic heterocycles. The second-order valence-corrected chi connectivity index (χ2v) is 1.73. The minimum Gasteiger partial charge on any atom is -0.376 e. The largest absolute Gasteiger partial charge is 0.376 e. The van der Waals surface area contributed by atoms with Crippen LogP contribution in [0.1, 0.15) is 20.6 Å². The number of hydrogen-bond donors (Lipinski definition) is 1. The van der Waals surface area contributed by atoms with Crippen molar-refractivity contribution in [3.05, 3.63) is 0 Å². The van der Waals surface area contributed by atoms with Gasteiger partial charge >= 0.3 is 0 Å². The van der Waals surface area contributed by atoms with Gasteiger partial charge in [-0.25, -0.2) is 0 Å². The van der Waals surface area contributed by atoms with Crippen molar-refractivity contribution in [1.82, 2.24) is 5.32 Å². The molecule has 0 amide bonds. The number of ether oxygens (including phenoxy) is 1. The van der Waals surface area contributed by atoms with Gasteiger partial charge in [-0.05, 0) is 13.8 Å². The fraction of sp³-hybridized carbons (Fsp3) is 1.00. The Kier molecular flexibility index (Phi) is 0.700. The highest BCUT2D eigenvalue weighted by Gasteiger charge is 2.15. The topological polar surface area (TPSA) is 21.3 Å². The van der Waals surface area contributed by atoms with Crippen LogP contribution in [0.25, 0.3) is 0 Å². The van der Waals surface area contributed by atoms with Gasteiger partial charge in [-0.2, -0.15) is 0 Å². The van der Waals surface area contributed by atoms with Crippen LogP contribution >= 0.6 is 0 Å². The average molecular weight is 120 g/mol. The molecule has 0 aromatic carbocycles. The van der Waals surface area contributed by atoms with Gasteiger partial charge in [-0.1, -0.05) is 0 Å². The van der Waals surface area contributed by atoms with Crippen LogP contribution in [0.15, 0.2) is 0 Å². The Morgan fingerprint density at radius 1 is 2.00 bits per heavy atom. The quantitative estimate of drug-likeness (QED) is 0.499. The fourth-order valence-corrected chi connectivity index (χ4v) is 0.580. The lowest BCUT2D eigenvalue weighted by atomic mass is 10.2. The lowest BCUT2D eigenvalue weighted by Gasteiger charge is -2.26. The molecule has 0 aliphatic carbocycles. The summed E-state index contributed by atoms with van der Waals surface area (Å²) in [6, 6.07) is -1.60. The van der Waals surface area contributed by atoms with E-state index in [4.69, 9.17) is 11.6 Å². The van der Waals surface area contributed by atoms with Gasteiger partial charge in [0.05, 0.1) is 14.1 Å². The highest BCUT2D eigenvalue weighted by atomic mass is 16.5. The lowest BCUT2D eigenvalue weighted by molar-refractivity contribution is 0.0135. The van der Waals surface area contributed by atoms with E-state index in [0.29, 0.717) is 6.54 Å². The molecule has 1 rings (SSSR count). The van der Waals surface area contributed by atoms with Crippen LogP contribution in [0.4, 0.5) is 0 Å². The molecule has 2 heteroatoms. The zero-order chi connectivity index (χ0) is 10.3. The van der Waals surface area contributed by atoms with Gasteiger partial charge in [0, 0.05) is 18.0 Å². The van der Waals surface area contributed by atoms with Gasteiger partial charge in [0.2, 0.25) is 0 Å². The molecule has 1 fully saturated rings. The molecule has 0 spiro atoms. The van der Waals surface area contributed by atoms with Crippen molar-refractivity contribution in [2.75, 3.05) is 13.2 Å². The number of hydrogen-bond acceptors (Lipinski definition) is 2. The fourth-order valence-electron chi connectivity index (χ4n) is 0.580. The highest BCUT2D eigenvalue weighted by molar-refractivity contribution is 4.71. The minimum absolute atomic E-state index is 0.149. The van der Waals surface area contributed by atoms with Gasteiger partial charge in [-0.15, -0.1) is 0 Å². The standard InChI is InChI=1S/C6H13NO/c1-5-6(2)8-4-3-7-5/h5-7H,3-4H2,1-2H3/i2D3,5D,6D. The Bertz CT molecular complexity index is 204. The molecule has 48 valence electrons. The zero-order valence-corrected chi connectivity index (χ0v) is 4.82. The van der Waals surface area contributed by atoms with Crippen LogP contribution in [0, 0.1) is 0 Å². The molecule has 0 aromatic heterocycles. The second kappa shape index (κ2) is 2.46. The van der Waals surface area contributed by atoms with E-state index < -0.39 is 18.9 Å². The Morgan fingerprint density at radius 3 is 3.38 bits per heavy atom. The van der Waals surface area contributed by atoms with E-state index in [1.807, 2.05) is 0 Å². The minimum atomic E-state index is -2.61. The summed E-state index contributed by atoms with van der Waals surface area (Å²) in [6.07, 6.45) is -2.18. The predicted octanol–water partition coefficient (Wildman–Crippen LogP) is 0.383. The van der Waals surface area contributed by atoms with Gasteiger partial charge < -0.3 is 10.1 Å². The van der Waals surface area contributed by atoms with Crippen LogP contribution in [-0.2, 0) is 4.74 Å². The molecule has 0 radical (unpaired) electrons. The van der Waals surface area contributed by atoms with Crippen LogP contribution in [-0.4, -0.2) is 25.2 Å². The van der Waals surface area contributed by atoms with Gasteiger partial charge in [0.1, 0.15) is 0 Å². The highest BCUT2D eigenvalue weighted by Crippen LogP contribution is 2.00. The van der Waals surface area contributed by atoms with E-state index >= 15 is 0 Å². The summed E-state index contributed by atoms with van der Waals surface area (Å²) < 4.78 is 41.6. The SMILES string of the molecule is [2H]C([2H])([2H])C1([2H])OCCNC1([2H])C. The van der Waals surface area contributed by atoms with Crippen LogP contribution in [0.3, 0.4) is 0 Å². The van der Waals surface area contributed by atoms with Crippen molar-refractivity contribution in [3.63, 3.8) is 0 Å². The van der Waals surface area contributed by atoms with Crippen molar-refractivity contribution in [1.29, 1.82) is 0 Å². The Hall–Kier alpha value is -0.0800. The zero-order valence-electron chi connectivity index (χ0n) is 9.82. The van der Waals surface area contributed by atoms with E-state index in [2.05, 4.69) is 5.32 Å². The Balaban J connectivity index is 2.98. The van der Waals surface area contributed by atoms with Crippen molar-refractivity contribution in [2.45, 2.75) is 25.9 Å².